The second-order valence-corrected chi connectivity index (χ2v) is 5.09. The van der Waals surface area contributed by atoms with Gasteiger partial charge in [0.05, 0.1) is 6.42 Å². The Morgan fingerprint density at radius 3 is 2.69 bits per heavy atom. The topological polar surface area (TPSA) is 29.1 Å². The summed E-state index contributed by atoms with van der Waals surface area (Å²) in [5.74, 6) is 0.0925. The van der Waals surface area contributed by atoms with Gasteiger partial charge >= 0.3 is 0 Å². The lowest BCUT2D eigenvalue weighted by Crippen LogP contribution is -2.41. The lowest BCUT2D eigenvalue weighted by atomic mass is 10.1. The minimum atomic E-state index is -0.131. The Bertz CT molecular complexity index is 272. The van der Waals surface area contributed by atoms with E-state index in [1.54, 1.807) is 11.3 Å². The molecule has 13 heavy (non-hydrogen) atoms. The molecule has 2 nitrogen and oxygen atoms in total. The Morgan fingerprint density at radius 1 is 1.54 bits per heavy atom. The fraction of sp³-hybridized carbons (Fsp3) is 0.500. The van der Waals surface area contributed by atoms with E-state index < -0.39 is 0 Å². The molecule has 1 aromatic heterocycles. The monoisotopic (exact) mass is 197 g/mol. The van der Waals surface area contributed by atoms with Gasteiger partial charge in [-0.25, -0.2) is 0 Å². The van der Waals surface area contributed by atoms with Gasteiger partial charge in [0.2, 0.25) is 5.91 Å². The van der Waals surface area contributed by atoms with E-state index in [9.17, 15) is 4.79 Å². The van der Waals surface area contributed by atoms with Crippen molar-refractivity contribution in [1.29, 1.82) is 0 Å². The van der Waals surface area contributed by atoms with Gasteiger partial charge in [0.1, 0.15) is 0 Å². The van der Waals surface area contributed by atoms with Gasteiger partial charge in [0.25, 0.3) is 0 Å². The van der Waals surface area contributed by atoms with Crippen LogP contribution < -0.4 is 5.32 Å². The van der Waals surface area contributed by atoms with Crippen LogP contribution in [-0.2, 0) is 11.2 Å². The lowest BCUT2D eigenvalue weighted by molar-refractivity contribution is -0.121. The summed E-state index contributed by atoms with van der Waals surface area (Å²) in [6.07, 6.45) is 0.495. The predicted octanol–water partition coefficient (Wildman–Crippen LogP) is 2.21. The average Bonchev–Trinajstić information content (AvgIpc) is 2.34. The van der Waals surface area contributed by atoms with Crippen LogP contribution in [0.25, 0.3) is 0 Å². The van der Waals surface area contributed by atoms with E-state index in [-0.39, 0.29) is 11.4 Å². The van der Waals surface area contributed by atoms with Crippen LogP contribution in [0.5, 0.6) is 0 Å². The predicted molar refractivity (Wildman–Crippen MR) is 55.9 cm³/mol. The Balaban J connectivity index is 2.43. The van der Waals surface area contributed by atoms with Crippen molar-refractivity contribution >= 4 is 17.2 Å². The van der Waals surface area contributed by atoms with Gasteiger partial charge in [-0.05, 0) is 32.2 Å². The first-order chi connectivity index (χ1) is 5.97. The van der Waals surface area contributed by atoms with Crippen LogP contribution in [-0.4, -0.2) is 11.4 Å². The molecule has 0 aliphatic rings. The highest BCUT2D eigenvalue weighted by Gasteiger charge is 2.13. The molecule has 0 aromatic carbocycles. The largest absolute Gasteiger partial charge is 0.351 e. The molecule has 1 rings (SSSR count). The molecule has 0 spiro atoms. The van der Waals surface area contributed by atoms with Gasteiger partial charge in [0.15, 0.2) is 0 Å². The van der Waals surface area contributed by atoms with E-state index in [2.05, 4.69) is 5.32 Å². The molecule has 1 heterocycles. The van der Waals surface area contributed by atoms with Crippen molar-refractivity contribution < 1.29 is 4.79 Å². The third-order valence-corrected chi connectivity index (χ3v) is 2.31. The molecule has 0 aliphatic carbocycles. The van der Waals surface area contributed by atoms with Crippen molar-refractivity contribution in [2.75, 3.05) is 0 Å². The number of hydrogen-bond donors (Lipinski definition) is 1. The molecule has 0 atom stereocenters. The van der Waals surface area contributed by atoms with E-state index in [1.165, 1.54) is 0 Å². The minimum absolute atomic E-state index is 0.0925. The number of amides is 1. The maximum Gasteiger partial charge on any atom is 0.225 e. The highest BCUT2D eigenvalue weighted by atomic mass is 32.1. The quantitative estimate of drug-likeness (QED) is 0.773. The van der Waals surface area contributed by atoms with E-state index >= 15 is 0 Å². The minimum Gasteiger partial charge on any atom is -0.351 e. The summed E-state index contributed by atoms with van der Waals surface area (Å²) >= 11 is 1.62. The molecule has 0 bridgehead atoms. The van der Waals surface area contributed by atoms with E-state index in [1.807, 2.05) is 38.3 Å². The van der Waals surface area contributed by atoms with Crippen LogP contribution in [0, 0.1) is 0 Å². The number of nitrogens with one attached hydrogen (secondary N) is 1. The Kier molecular flexibility index (Phi) is 3.09. The molecular formula is C10H15NOS. The van der Waals surface area contributed by atoms with Gasteiger partial charge in [-0.3, -0.25) is 4.79 Å². The zero-order valence-corrected chi connectivity index (χ0v) is 9.07. The fourth-order valence-electron chi connectivity index (χ4n) is 1.03. The fourth-order valence-corrected chi connectivity index (χ4v) is 1.74. The molecule has 0 saturated heterocycles. The van der Waals surface area contributed by atoms with Crippen molar-refractivity contribution in [2.24, 2.45) is 0 Å². The Hall–Kier alpha value is -0.830. The van der Waals surface area contributed by atoms with Crippen molar-refractivity contribution in [3.05, 3.63) is 22.4 Å². The summed E-state index contributed by atoms with van der Waals surface area (Å²) in [6.45, 7) is 5.96. The van der Waals surface area contributed by atoms with Gasteiger partial charge < -0.3 is 5.32 Å². The maximum absolute atomic E-state index is 11.4. The molecule has 3 heteroatoms. The van der Waals surface area contributed by atoms with Crippen LogP contribution in [0.15, 0.2) is 17.5 Å². The molecule has 0 fully saturated rings. The third-order valence-electron chi connectivity index (χ3n) is 1.43. The highest BCUT2D eigenvalue weighted by Crippen LogP contribution is 2.09. The summed E-state index contributed by atoms with van der Waals surface area (Å²) in [6, 6.07) is 3.94. The molecule has 1 aromatic rings. The van der Waals surface area contributed by atoms with Crippen LogP contribution in [0.3, 0.4) is 0 Å². The molecule has 0 saturated carbocycles. The van der Waals surface area contributed by atoms with Crippen molar-refractivity contribution in [3.8, 4) is 0 Å². The number of hydrogen-bond acceptors (Lipinski definition) is 2. The summed E-state index contributed by atoms with van der Waals surface area (Å²) in [5.41, 5.74) is -0.131. The first-order valence-electron chi connectivity index (χ1n) is 4.31. The summed E-state index contributed by atoms with van der Waals surface area (Å²) < 4.78 is 0. The van der Waals surface area contributed by atoms with Gasteiger partial charge in [-0.2, -0.15) is 0 Å². The van der Waals surface area contributed by atoms with Crippen LogP contribution in [0.1, 0.15) is 25.6 Å². The molecule has 0 aliphatic heterocycles. The molecule has 0 unspecified atom stereocenters. The number of carbonyl (C=O) groups is 1. The Labute approximate surface area is 83.0 Å². The zero-order chi connectivity index (χ0) is 9.90. The summed E-state index contributed by atoms with van der Waals surface area (Å²) in [4.78, 5) is 12.5. The zero-order valence-electron chi connectivity index (χ0n) is 8.26. The SMILES string of the molecule is CC(C)(C)NC(=O)Cc1cccs1. The maximum atomic E-state index is 11.4. The number of carbonyl (C=O) groups excluding carboxylic acids is 1. The van der Waals surface area contributed by atoms with E-state index in [4.69, 9.17) is 0 Å². The van der Waals surface area contributed by atoms with Crippen LogP contribution in [0.2, 0.25) is 0 Å². The average molecular weight is 197 g/mol. The summed E-state index contributed by atoms with van der Waals surface area (Å²) in [5, 5.41) is 4.91. The van der Waals surface area contributed by atoms with Crippen LogP contribution in [0.4, 0.5) is 0 Å². The second kappa shape index (κ2) is 3.92. The third kappa shape index (κ3) is 4.08. The molecular weight excluding hydrogens is 182 g/mol. The Morgan fingerprint density at radius 2 is 2.23 bits per heavy atom. The summed E-state index contributed by atoms with van der Waals surface area (Å²) in [7, 11) is 0. The number of thiophene rings is 1. The van der Waals surface area contributed by atoms with Crippen molar-refractivity contribution in [2.45, 2.75) is 32.7 Å². The standard InChI is InChI=1S/C10H15NOS/c1-10(2,3)11-9(12)7-8-5-4-6-13-8/h4-6H,7H2,1-3H3,(H,11,12). The van der Waals surface area contributed by atoms with Crippen molar-refractivity contribution in [1.82, 2.24) is 5.32 Å². The first-order valence-corrected chi connectivity index (χ1v) is 5.19. The van der Waals surface area contributed by atoms with E-state index in [0.717, 1.165) is 4.88 Å². The molecule has 72 valence electrons. The molecule has 0 radical (unpaired) electrons. The van der Waals surface area contributed by atoms with Gasteiger partial charge in [-0.15, -0.1) is 11.3 Å². The number of rotatable bonds is 2. The van der Waals surface area contributed by atoms with Crippen LogP contribution >= 0.6 is 11.3 Å². The first kappa shape index (κ1) is 10.3. The second-order valence-electron chi connectivity index (χ2n) is 4.05. The smallest absolute Gasteiger partial charge is 0.225 e. The van der Waals surface area contributed by atoms with Gasteiger partial charge in [0, 0.05) is 10.4 Å². The van der Waals surface area contributed by atoms with Crippen molar-refractivity contribution in [3.63, 3.8) is 0 Å². The normalized spacial score (nSPS) is 11.3. The lowest BCUT2D eigenvalue weighted by Gasteiger charge is -2.20. The molecule has 1 amide bonds. The highest BCUT2D eigenvalue weighted by molar-refractivity contribution is 7.10. The van der Waals surface area contributed by atoms with E-state index in [0.29, 0.717) is 6.42 Å². The molecule has 1 N–H and O–H groups in total. The van der Waals surface area contributed by atoms with Gasteiger partial charge in [-0.1, -0.05) is 6.07 Å².